The van der Waals surface area contributed by atoms with Crippen molar-refractivity contribution in [3.8, 4) is 17.2 Å². The van der Waals surface area contributed by atoms with Crippen molar-refractivity contribution >= 4 is 0 Å². The number of nitrogens with zero attached hydrogens (tertiary/aromatic N) is 1. The lowest BCUT2D eigenvalue weighted by Gasteiger charge is -2.65. The Morgan fingerprint density at radius 3 is 2.47 bits per heavy atom. The fraction of sp³-hybridized carbons (Fsp3) is 0.538. The lowest BCUT2D eigenvalue weighted by molar-refractivity contribution is -0.237. The zero-order valence-corrected chi connectivity index (χ0v) is 27.6. The molecule has 3 aromatic rings. The molecule has 6 atom stereocenters. The number of alkyl halides is 3. The predicted octanol–water partition coefficient (Wildman–Crippen LogP) is 6.29. The number of halogens is 3. The molecule has 2 bridgehead atoms. The summed E-state index contributed by atoms with van der Waals surface area (Å²) in [6, 6.07) is 18.0. The first-order valence-corrected chi connectivity index (χ1v) is 17.8. The summed E-state index contributed by atoms with van der Waals surface area (Å²) in [5, 5.41) is 39.4. The molecular weight excluding hydrogens is 633 g/mol. The third-order valence-electron chi connectivity index (χ3n) is 12.1. The highest BCUT2D eigenvalue weighted by Crippen LogP contribution is 2.67. The molecular formula is C39H45F3N2O5. The standard InChI is InChI=1S/C39H45F3N2O5/c40-39(41,42)28-10-12-29(13-11-28)48-31(26-5-2-1-3-6-26)15-21-43-20-4-16-36(46)17-18-38(47)32-23-27-9-14-30(45)34-33(27)37(38,35(36)49-34)19-22-44(32)24-25-7-8-25/h1-3,5-6,9-14,25,31-32,35,43,45-47H,4,7-8,15-24H2/t31?,32?,35-,36-,37-,38+/m0/s1. The number of phenolic OH excluding ortho intramolecular Hbond substituents is 1. The normalized spacial score (nSPS) is 30.8. The van der Waals surface area contributed by atoms with Gasteiger partial charge in [-0.05, 0) is 118 Å². The van der Waals surface area contributed by atoms with Crippen LogP contribution >= 0.6 is 0 Å². The van der Waals surface area contributed by atoms with Gasteiger partial charge in [0.25, 0.3) is 0 Å². The Kier molecular flexibility index (Phi) is 8.17. The summed E-state index contributed by atoms with van der Waals surface area (Å²) in [6.07, 6.45) is 1.14. The van der Waals surface area contributed by atoms with Crippen molar-refractivity contribution in [3.05, 3.63) is 89.0 Å². The number of ether oxygens (including phenoxy) is 2. The number of aliphatic hydroxyl groups is 2. The number of hydrogen-bond acceptors (Lipinski definition) is 7. The van der Waals surface area contributed by atoms with Crippen molar-refractivity contribution in [2.45, 2.75) is 98.8 Å². The first-order valence-electron chi connectivity index (χ1n) is 17.8. The highest BCUT2D eigenvalue weighted by Gasteiger charge is 2.75. The van der Waals surface area contributed by atoms with E-state index in [4.69, 9.17) is 9.47 Å². The van der Waals surface area contributed by atoms with E-state index in [1.807, 2.05) is 36.4 Å². The van der Waals surface area contributed by atoms with Crippen molar-refractivity contribution in [2.75, 3.05) is 26.2 Å². The highest BCUT2D eigenvalue weighted by atomic mass is 19.4. The van der Waals surface area contributed by atoms with Crippen LogP contribution < -0.4 is 14.8 Å². The molecule has 2 heterocycles. The van der Waals surface area contributed by atoms with Crippen molar-refractivity contribution in [3.63, 3.8) is 0 Å². The molecule has 10 heteroatoms. The summed E-state index contributed by atoms with van der Waals surface area (Å²) in [6.45, 7) is 3.08. The van der Waals surface area contributed by atoms with E-state index in [1.54, 1.807) is 6.07 Å². The van der Waals surface area contributed by atoms with Gasteiger partial charge in [-0.2, -0.15) is 13.2 Å². The van der Waals surface area contributed by atoms with Gasteiger partial charge in [0.05, 0.1) is 16.6 Å². The monoisotopic (exact) mass is 678 g/mol. The number of piperidine rings is 1. The number of benzene rings is 3. The molecule has 3 aliphatic carbocycles. The molecule has 7 nitrogen and oxygen atoms in total. The second-order valence-corrected chi connectivity index (χ2v) is 15.0. The highest BCUT2D eigenvalue weighted by molar-refractivity contribution is 5.63. The molecule has 3 fully saturated rings. The van der Waals surface area contributed by atoms with E-state index in [0.717, 1.165) is 48.3 Å². The number of phenols is 1. The van der Waals surface area contributed by atoms with Crippen LogP contribution in [0.15, 0.2) is 66.7 Å². The zero-order chi connectivity index (χ0) is 34.0. The van der Waals surface area contributed by atoms with Gasteiger partial charge >= 0.3 is 6.18 Å². The maximum Gasteiger partial charge on any atom is 0.416 e. The fourth-order valence-corrected chi connectivity index (χ4v) is 9.57. The average molecular weight is 679 g/mol. The first kappa shape index (κ1) is 32.9. The average Bonchev–Trinajstić information content (AvgIpc) is 3.83. The lowest BCUT2D eigenvalue weighted by atomic mass is 9.46. The van der Waals surface area contributed by atoms with E-state index < -0.39 is 34.5 Å². The van der Waals surface area contributed by atoms with E-state index in [1.165, 1.54) is 25.0 Å². The Bertz CT molecular complexity index is 1670. The molecule has 2 saturated carbocycles. The van der Waals surface area contributed by atoms with Gasteiger partial charge in [0, 0.05) is 24.6 Å². The molecule has 8 rings (SSSR count). The van der Waals surface area contributed by atoms with E-state index >= 15 is 0 Å². The molecule has 2 aliphatic heterocycles. The van der Waals surface area contributed by atoms with E-state index in [-0.39, 0.29) is 17.9 Å². The number of rotatable bonds is 12. The number of likely N-dealkylation sites (tertiary alicyclic amines) is 1. The Balaban J connectivity index is 0.927. The molecule has 0 amide bonds. The van der Waals surface area contributed by atoms with Gasteiger partial charge in [0.15, 0.2) is 11.5 Å². The molecule has 0 radical (unpaired) electrons. The summed E-state index contributed by atoms with van der Waals surface area (Å²) in [7, 11) is 0. The molecule has 262 valence electrons. The van der Waals surface area contributed by atoms with Crippen LogP contribution in [0.2, 0.25) is 0 Å². The zero-order valence-electron chi connectivity index (χ0n) is 27.6. The largest absolute Gasteiger partial charge is 0.504 e. The third-order valence-corrected chi connectivity index (χ3v) is 12.1. The van der Waals surface area contributed by atoms with Gasteiger partial charge in [-0.1, -0.05) is 36.4 Å². The van der Waals surface area contributed by atoms with Crippen LogP contribution in [0.5, 0.6) is 17.2 Å². The van der Waals surface area contributed by atoms with Crippen molar-refractivity contribution in [2.24, 2.45) is 5.92 Å². The first-order chi connectivity index (χ1) is 23.5. The smallest absolute Gasteiger partial charge is 0.416 e. The van der Waals surface area contributed by atoms with Crippen LogP contribution in [0.4, 0.5) is 13.2 Å². The Morgan fingerprint density at radius 2 is 1.73 bits per heavy atom. The maximum absolute atomic E-state index is 13.1. The van der Waals surface area contributed by atoms with Crippen LogP contribution in [-0.2, 0) is 18.0 Å². The third kappa shape index (κ3) is 5.59. The molecule has 49 heavy (non-hydrogen) atoms. The van der Waals surface area contributed by atoms with Crippen LogP contribution in [0, 0.1) is 5.92 Å². The van der Waals surface area contributed by atoms with E-state index in [0.29, 0.717) is 69.0 Å². The van der Waals surface area contributed by atoms with E-state index in [2.05, 4.69) is 10.2 Å². The lowest BCUT2D eigenvalue weighted by Crippen LogP contribution is -2.79. The number of nitrogens with one attached hydrogen (secondary N) is 1. The summed E-state index contributed by atoms with van der Waals surface area (Å²) in [5.74, 6) is 1.58. The SMILES string of the molecule is Oc1ccc2c3c1O[C@H]1[C@](O)(CCCNCCC(Oc4ccc(C(F)(F)F)cc4)c4ccccc4)CC[C@@]4(O)C(C2)N(CC2CC2)CC[C@]314. The summed E-state index contributed by atoms with van der Waals surface area (Å²) >= 11 is 0. The van der Waals surface area contributed by atoms with Crippen LogP contribution in [0.1, 0.15) is 79.7 Å². The fourth-order valence-electron chi connectivity index (χ4n) is 9.57. The van der Waals surface area contributed by atoms with Gasteiger partial charge in [-0.3, -0.25) is 4.90 Å². The molecule has 0 aromatic heterocycles. The molecule has 4 N–H and O–H groups in total. The topological polar surface area (TPSA) is 94.4 Å². The molecule has 3 aromatic carbocycles. The second kappa shape index (κ2) is 12.2. The van der Waals surface area contributed by atoms with Crippen molar-refractivity contribution in [1.29, 1.82) is 0 Å². The van der Waals surface area contributed by atoms with Gasteiger partial charge < -0.3 is 30.1 Å². The van der Waals surface area contributed by atoms with Gasteiger partial charge in [0.1, 0.15) is 23.6 Å². The van der Waals surface area contributed by atoms with Crippen LogP contribution in [-0.4, -0.2) is 69.7 Å². The number of aromatic hydroxyl groups is 1. The summed E-state index contributed by atoms with van der Waals surface area (Å²) in [5.41, 5.74) is -0.731. The second-order valence-electron chi connectivity index (χ2n) is 15.0. The van der Waals surface area contributed by atoms with Crippen molar-refractivity contribution in [1.82, 2.24) is 10.2 Å². The van der Waals surface area contributed by atoms with Crippen molar-refractivity contribution < 1.29 is 38.0 Å². The van der Waals surface area contributed by atoms with Gasteiger partial charge in [0.2, 0.25) is 0 Å². The summed E-state index contributed by atoms with van der Waals surface area (Å²) < 4.78 is 51.9. The maximum atomic E-state index is 13.1. The quantitative estimate of drug-likeness (QED) is 0.168. The van der Waals surface area contributed by atoms with Crippen LogP contribution in [0.3, 0.4) is 0 Å². The van der Waals surface area contributed by atoms with Crippen LogP contribution in [0.25, 0.3) is 0 Å². The van der Waals surface area contributed by atoms with E-state index in [9.17, 15) is 28.5 Å². The minimum atomic E-state index is -4.41. The minimum Gasteiger partial charge on any atom is -0.504 e. The predicted molar refractivity (Wildman–Crippen MR) is 178 cm³/mol. The Morgan fingerprint density at radius 1 is 0.959 bits per heavy atom. The minimum absolute atomic E-state index is 0.0375. The van der Waals surface area contributed by atoms with Gasteiger partial charge in [-0.25, -0.2) is 0 Å². The molecule has 1 spiro atoms. The molecule has 5 aliphatic rings. The Labute approximate surface area is 285 Å². The molecule has 1 saturated heterocycles. The van der Waals surface area contributed by atoms with Gasteiger partial charge in [-0.15, -0.1) is 0 Å². The summed E-state index contributed by atoms with van der Waals surface area (Å²) in [4.78, 5) is 2.49. The number of hydrogen-bond donors (Lipinski definition) is 4. The molecule has 2 unspecified atom stereocenters. The Hall–Kier alpha value is -3.31.